The molecular weight excluding hydrogens is 338 g/mol. The van der Waals surface area contributed by atoms with Gasteiger partial charge in [0.2, 0.25) is 0 Å². The molecule has 2 fully saturated rings. The Morgan fingerprint density at radius 3 is 2.71 bits per heavy atom. The Morgan fingerprint density at radius 2 is 2.04 bits per heavy atom. The molecule has 136 valence electrons. The van der Waals surface area contributed by atoms with Crippen LogP contribution >= 0.6 is 12.4 Å². The van der Waals surface area contributed by atoms with Gasteiger partial charge in [0.15, 0.2) is 11.5 Å². The summed E-state index contributed by atoms with van der Waals surface area (Å²) >= 11 is 0. The van der Waals surface area contributed by atoms with Gasteiger partial charge >= 0.3 is 6.61 Å². The van der Waals surface area contributed by atoms with Gasteiger partial charge in [0.05, 0.1) is 7.11 Å². The molecule has 0 radical (unpaired) electrons. The molecule has 1 saturated carbocycles. The van der Waals surface area contributed by atoms with Crippen LogP contribution < -0.4 is 15.2 Å². The predicted octanol–water partition coefficient (Wildman–Crippen LogP) is 3.28. The second kappa shape index (κ2) is 8.32. The fourth-order valence-corrected chi connectivity index (χ4v) is 4.00. The van der Waals surface area contributed by atoms with Gasteiger partial charge < -0.3 is 15.2 Å². The number of likely N-dealkylation sites (tertiary alicyclic amines) is 1. The summed E-state index contributed by atoms with van der Waals surface area (Å²) in [6.45, 7) is 0.0164. The third-order valence-corrected chi connectivity index (χ3v) is 5.08. The summed E-state index contributed by atoms with van der Waals surface area (Å²) in [5.41, 5.74) is 7.29. The van der Waals surface area contributed by atoms with Crippen molar-refractivity contribution in [2.24, 2.45) is 17.6 Å². The number of nitrogens with two attached hydrogens (primary N) is 1. The van der Waals surface area contributed by atoms with Crippen LogP contribution in [0.5, 0.6) is 11.5 Å². The molecule has 1 heterocycles. The first kappa shape index (κ1) is 19.2. The summed E-state index contributed by atoms with van der Waals surface area (Å²) in [5, 5.41) is 0. The van der Waals surface area contributed by atoms with Gasteiger partial charge in [-0.1, -0.05) is 12.5 Å². The van der Waals surface area contributed by atoms with Gasteiger partial charge in [-0.2, -0.15) is 8.78 Å². The van der Waals surface area contributed by atoms with Crippen LogP contribution in [0.1, 0.15) is 24.8 Å². The van der Waals surface area contributed by atoms with Gasteiger partial charge in [-0.05, 0) is 42.4 Å². The summed E-state index contributed by atoms with van der Waals surface area (Å²) in [5.74, 6) is 1.70. The normalized spacial score (nSPS) is 26.8. The number of halogens is 3. The molecule has 3 rings (SSSR count). The third-order valence-electron chi connectivity index (χ3n) is 5.08. The molecule has 7 heteroatoms. The zero-order valence-corrected chi connectivity index (χ0v) is 14.6. The molecule has 1 aliphatic carbocycles. The summed E-state index contributed by atoms with van der Waals surface area (Å²) in [6.07, 6.45) is 3.62. The van der Waals surface area contributed by atoms with E-state index in [0.717, 1.165) is 31.6 Å². The highest BCUT2D eigenvalue weighted by Gasteiger charge is 2.38. The standard InChI is InChI=1S/C17H24F2N2O2.ClH/c1-22-16-7-11(5-6-15(16)23-17(18)19)8-21-9-12-3-2-4-14(20)13(12)10-21;/h5-7,12-14,17H,2-4,8-10,20H2,1H3;1H. The summed E-state index contributed by atoms with van der Waals surface area (Å²) in [4.78, 5) is 2.41. The van der Waals surface area contributed by atoms with Crippen LogP contribution in [0.4, 0.5) is 8.78 Å². The maximum Gasteiger partial charge on any atom is 0.387 e. The van der Waals surface area contributed by atoms with E-state index in [0.29, 0.717) is 23.6 Å². The molecule has 4 nitrogen and oxygen atoms in total. The van der Waals surface area contributed by atoms with Crippen molar-refractivity contribution in [3.8, 4) is 11.5 Å². The number of ether oxygens (including phenoxy) is 2. The third kappa shape index (κ3) is 4.29. The molecule has 0 aromatic heterocycles. The Morgan fingerprint density at radius 1 is 1.25 bits per heavy atom. The van der Waals surface area contributed by atoms with E-state index in [4.69, 9.17) is 10.5 Å². The van der Waals surface area contributed by atoms with E-state index < -0.39 is 6.61 Å². The minimum atomic E-state index is -2.85. The fraction of sp³-hybridized carbons (Fsp3) is 0.647. The van der Waals surface area contributed by atoms with Crippen molar-refractivity contribution >= 4 is 12.4 Å². The molecule has 3 atom stereocenters. The molecule has 1 aliphatic heterocycles. The lowest BCUT2D eigenvalue weighted by Crippen LogP contribution is -2.38. The van der Waals surface area contributed by atoms with Crippen LogP contribution in [0.25, 0.3) is 0 Å². The highest BCUT2D eigenvalue weighted by molar-refractivity contribution is 5.85. The Bertz CT molecular complexity index is 547. The van der Waals surface area contributed by atoms with E-state index in [1.807, 2.05) is 6.07 Å². The number of alkyl halides is 2. The summed E-state index contributed by atoms with van der Waals surface area (Å²) < 4.78 is 34.4. The quantitative estimate of drug-likeness (QED) is 0.873. The van der Waals surface area contributed by atoms with E-state index >= 15 is 0 Å². The van der Waals surface area contributed by atoms with Crippen molar-refractivity contribution in [2.75, 3.05) is 20.2 Å². The Labute approximate surface area is 147 Å². The first-order valence-electron chi connectivity index (χ1n) is 8.16. The maximum atomic E-state index is 12.4. The second-order valence-electron chi connectivity index (χ2n) is 6.58. The van der Waals surface area contributed by atoms with Gasteiger partial charge in [0, 0.05) is 25.7 Å². The zero-order chi connectivity index (χ0) is 16.4. The molecule has 0 bridgehead atoms. The van der Waals surface area contributed by atoms with Gasteiger partial charge in [0.1, 0.15) is 0 Å². The highest BCUT2D eigenvalue weighted by Crippen LogP contribution is 2.37. The van der Waals surface area contributed by atoms with E-state index in [-0.39, 0.29) is 18.2 Å². The minimum Gasteiger partial charge on any atom is -0.493 e. The van der Waals surface area contributed by atoms with Crippen LogP contribution in [0.3, 0.4) is 0 Å². The molecule has 2 N–H and O–H groups in total. The average Bonchev–Trinajstić information content (AvgIpc) is 2.92. The van der Waals surface area contributed by atoms with Crippen LogP contribution in [0.2, 0.25) is 0 Å². The van der Waals surface area contributed by atoms with Gasteiger partial charge in [-0.3, -0.25) is 4.90 Å². The van der Waals surface area contributed by atoms with Crippen molar-refractivity contribution in [3.05, 3.63) is 23.8 Å². The molecule has 3 unspecified atom stereocenters. The fourth-order valence-electron chi connectivity index (χ4n) is 4.00. The topological polar surface area (TPSA) is 47.7 Å². The van der Waals surface area contributed by atoms with E-state index in [1.54, 1.807) is 12.1 Å². The average molecular weight is 363 g/mol. The smallest absolute Gasteiger partial charge is 0.387 e. The molecule has 0 spiro atoms. The number of hydrogen-bond acceptors (Lipinski definition) is 4. The minimum absolute atomic E-state index is 0. The van der Waals surface area contributed by atoms with Crippen molar-refractivity contribution in [2.45, 2.75) is 38.5 Å². The molecule has 24 heavy (non-hydrogen) atoms. The van der Waals surface area contributed by atoms with Crippen LogP contribution in [-0.4, -0.2) is 37.8 Å². The number of methoxy groups -OCH3 is 1. The molecule has 0 amide bonds. The lowest BCUT2D eigenvalue weighted by molar-refractivity contribution is -0.0512. The number of hydrogen-bond donors (Lipinski definition) is 1. The number of rotatable bonds is 5. The molecule has 2 aliphatic rings. The highest BCUT2D eigenvalue weighted by atomic mass is 35.5. The lowest BCUT2D eigenvalue weighted by atomic mass is 9.78. The van der Waals surface area contributed by atoms with Crippen molar-refractivity contribution < 1.29 is 18.3 Å². The second-order valence-corrected chi connectivity index (χ2v) is 6.58. The SMILES string of the molecule is COc1cc(CN2CC3CCCC(N)C3C2)ccc1OC(F)F.Cl. The number of nitrogens with zero attached hydrogens (tertiary/aromatic N) is 1. The molecule has 1 aromatic carbocycles. The van der Waals surface area contributed by atoms with Crippen LogP contribution in [0, 0.1) is 11.8 Å². The van der Waals surface area contributed by atoms with E-state index in [1.165, 1.54) is 20.0 Å². The number of benzene rings is 1. The van der Waals surface area contributed by atoms with Crippen molar-refractivity contribution in [3.63, 3.8) is 0 Å². The Balaban J connectivity index is 0.00000208. The van der Waals surface area contributed by atoms with Gasteiger partial charge in [-0.25, -0.2) is 0 Å². The van der Waals surface area contributed by atoms with Crippen LogP contribution in [0.15, 0.2) is 18.2 Å². The maximum absolute atomic E-state index is 12.4. The Hall–Kier alpha value is -1.11. The monoisotopic (exact) mass is 362 g/mol. The first-order valence-corrected chi connectivity index (χ1v) is 8.16. The van der Waals surface area contributed by atoms with Gasteiger partial charge in [-0.15, -0.1) is 12.4 Å². The first-order chi connectivity index (χ1) is 11.1. The Kier molecular flexibility index (Phi) is 6.66. The largest absolute Gasteiger partial charge is 0.493 e. The summed E-state index contributed by atoms with van der Waals surface area (Å²) in [6, 6.07) is 5.46. The summed E-state index contributed by atoms with van der Waals surface area (Å²) in [7, 11) is 1.46. The molecule has 1 aromatic rings. The zero-order valence-electron chi connectivity index (χ0n) is 13.8. The van der Waals surface area contributed by atoms with E-state index in [2.05, 4.69) is 9.64 Å². The predicted molar refractivity (Wildman–Crippen MR) is 91.0 cm³/mol. The number of fused-ring (bicyclic) bond motifs is 1. The van der Waals surface area contributed by atoms with Crippen molar-refractivity contribution in [1.82, 2.24) is 4.90 Å². The van der Waals surface area contributed by atoms with Crippen molar-refractivity contribution in [1.29, 1.82) is 0 Å². The lowest BCUT2D eigenvalue weighted by Gasteiger charge is -2.29. The molecular formula is C17H25ClF2N2O2. The van der Waals surface area contributed by atoms with E-state index in [9.17, 15) is 8.78 Å². The van der Waals surface area contributed by atoms with Gasteiger partial charge in [0.25, 0.3) is 0 Å². The van der Waals surface area contributed by atoms with Crippen LogP contribution in [-0.2, 0) is 6.54 Å². The molecule has 1 saturated heterocycles.